The SMILES string of the molecule is CCOc1ccc(C2=C(C=Nc3ccccc3O)C(c3ccccc3C)c3ccccc3O2)cc1. The third-order valence-corrected chi connectivity index (χ3v) is 6.17. The molecule has 35 heavy (non-hydrogen) atoms. The highest BCUT2D eigenvalue weighted by molar-refractivity contribution is 5.95. The molecule has 0 spiro atoms. The molecule has 0 aliphatic carbocycles. The summed E-state index contributed by atoms with van der Waals surface area (Å²) in [7, 11) is 0. The first kappa shape index (κ1) is 22.5. The molecule has 0 bridgehead atoms. The molecular formula is C31H27NO3. The van der Waals surface area contributed by atoms with Crippen molar-refractivity contribution >= 4 is 17.7 Å². The van der Waals surface area contributed by atoms with Crippen molar-refractivity contribution in [1.29, 1.82) is 0 Å². The zero-order valence-electron chi connectivity index (χ0n) is 19.8. The van der Waals surface area contributed by atoms with E-state index in [1.54, 1.807) is 18.2 Å². The average molecular weight is 462 g/mol. The number of rotatable bonds is 6. The molecular weight excluding hydrogens is 434 g/mol. The standard InChI is InChI=1S/C31H27NO3/c1-3-34-23-18-16-22(17-19-23)31-26(20-32-27-13-7-8-14-28(27)33)30(24-11-5-4-10-21(24)2)25-12-6-9-15-29(25)35-31/h4-20,30,33H,3H2,1-2H3. The molecule has 4 nitrogen and oxygen atoms in total. The molecule has 5 rings (SSSR count). The van der Waals surface area contributed by atoms with E-state index in [1.165, 1.54) is 11.1 Å². The van der Waals surface area contributed by atoms with E-state index in [0.29, 0.717) is 12.3 Å². The van der Waals surface area contributed by atoms with Crippen molar-refractivity contribution in [3.05, 3.63) is 125 Å². The van der Waals surface area contributed by atoms with Crippen molar-refractivity contribution in [2.75, 3.05) is 6.61 Å². The molecule has 1 aliphatic heterocycles. The van der Waals surface area contributed by atoms with Crippen LogP contribution in [0.1, 0.15) is 35.1 Å². The molecule has 0 saturated carbocycles. The summed E-state index contributed by atoms with van der Waals surface area (Å²) < 4.78 is 12.2. The van der Waals surface area contributed by atoms with Crippen LogP contribution in [-0.4, -0.2) is 17.9 Å². The van der Waals surface area contributed by atoms with Crippen LogP contribution in [0, 0.1) is 6.92 Å². The van der Waals surface area contributed by atoms with Gasteiger partial charge in [-0.05, 0) is 67.4 Å². The Kier molecular flexibility index (Phi) is 6.36. The monoisotopic (exact) mass is 461 g/mol. The summed E-state index contributed by atoms with van der Waals surface area (Å²) in [5, 5.41) is 10.3. The second-order valence-electron chi connectivity index (χ2n) is 8.42. The Morgan fingerprint density at radius 2 is 1.54 bits per heavy atom. The van der Waals surface area contributed by atoms with E-state index >= 15 is 0 Å². The van der Waals surface area contributed by atoms with Crippen molar-refractivity contribution in [1.82, 2.24) is 0 Å². The molecule has 0 radical (unpaired) electrons. The Morgan fingerprint density at radius 3 is 2.29 bits per heavy atom. The maximum Gasteiger partial charge on any atom is 0.141 e. The van der Waals surface area contributed by atoms with E-state index in [9.17, 15) is 5.11 Å². The highest BCUT2D eigenvalue weighted by atomic mass is 16.5. The van der Waals surface area contributed by atoms with Gasteiger partial charge < -0.3 is 14.6 Å². The Morgan fingerprint density at radius 1 is 0.857 bits per heavy atom. The summed E-state index contributed by atoms with van der Waals surface area (Å²) in [5.74, 6) is 2.42. The van der Waals surface area contributed by atoms with Gasteiger partial charge in [0, 0.05) is 28.8 Å². The summed E-state index contributed by atoms with van der Waals surface area (Å²) in [6.07, 6.45) is 1.83. The van der Waals surface area contributed by atoms with Crippen LogP contribution in [0.3, 0.4) is 0 Å². The summed E-state index contributed by atoms with van der Waals surface area (Å²) in [4.78, 5) is 4.69. The molecule has 1 heterocycles. The van der Waals surface area contributed by atoms with Gasteiger partial charge in [0.05, 0.1) is 6.61 Å². The van der Waals surface area contributed by atoms with Gasteiger partial charge in [-0.25, -0.2) is 0 Å². The van der Waals surface area contributed by atoms with Crippen LogP contribution in [0.25, 0.3) is 5.76 Å². The lowest BCUT2D eigenvalue weighted by atomic mass is 9.80. The molecule has 174 valence electrons. The minimum absolute atomic E-state index is 0.0858. The fourth-order valence-corrected chi connectivity index (χ4v) is 4.47. The molecule has 0 saturated heterocycles. The van der Waals surface area contributed by atoms with Crippen molar-refractivity contribution in [3.63, 3.8) is 0 Å². The van der Waals surface area contributed by atoms with Crippen LogP contribution in [-0.2, 0) is 0 Å². The molecule has 1 unspecified atom stereocenters. The molecule has 4 aromatic carbocycles. The quantitative estimate of drug-likeness (QED) is 0.304. The van der Waals surface area contributed by atoms with Gasteiger partial charge in [-0.3, -0.25) is 4.99 Å². The number of aryl methyl sites for hydroxylation is 1. The maximum atomic E-state index is 10.3. The average Bonchev–Trinajstić information content (AvgIpc) is 2.89. The van der Waals surface area contributed by atoms with Crippen LogP contribution >= 0.6 is 0 Å². The van der Waals surface area contributed by atoms with Crippen molar-refractivity contribution in [3.8, 4) is 17.2 Å². The summed E-state index contributed by atoms with van der Waals surface area (Å²) in [6, 6.07) is 31.6. The Balaban J connectivity index is 1.73. The van der Waals surface area contributed by atoms with E-state index in [1.807, 2.05) is 61.7 Å². The van der Waals surface area contributed by atoms with E-state index in [0.717, 1.165) is 34.0 Å². The first-order valence-corrected chi connectivity index (χ1v) is 11.8. The van der Waals surface area contributed by atoms with Crippen LogP contribution in [0.2, 0.25) is 0 Å². The molecule has 1 atom stereocenters. The van der Waals surface area contributed by atoms with Gasteiger partial charge in [-0.2, -0.15) is 0 Å². The Hall–Kier alpha value is -4.31. The number of ether oxygens (including phenoxy) is 2. The zero-order valence-corrected chi connectivity index (χ0v) is 19.8. The van der Waals surface area contributed by atoms with Gasteiger partial charge in [0.25, 0.3) is 0 Å². The molecule has 0 aromatic heterocycles. The van der Waals surface area contributed by atoms with Gasteiger partial charge in [-0.1, -0.05) is 54.6 Å². The summed E-state index contributed by atoms with van der Waals surface area (Å²) in [5.41, 5.74) is 5.81. The lowest BCUT2D eigenvalue weighted by Crippen LogP contribution is -2.18. The third-order valence-electron chi connectivity index (χ3n) is 6.17. The molecule has 0 fully saturated rings. The number of nitrogens with zero attached hydrogens (tertiary/aromatic N) is 1. The van der Waals surface area contributed by atoms with Crippen LogP contribution in [0.5, 0.6) is 17.2 Å². The van der Waals surface area contributed by atoms with Crippen LogP contribution in [0.4, 0.5) is 5.69 Å². The minimum atomic E-state index is -0.0858. The van der Waals surface area contributed by atoms with Crippen molar-refractivity contribution in [2.45, 2.75) is 19.8 Å². The van der Waals surface area contributed by atoms with Crippen LogP contribution in [0.15, 0.2) is 108 Å². The first-order chi connectivity index (χ1) is 17.2. The molecule has 0 amide bonds. The number of para-hydroxylation sites is 3. The summed E-state index contributed by atoms with van der Waals surface area (Å²) in [6.45, 7) is 4.71. The highest BCUT2D eigenvalue weighted by Gasteiger charge is 2.31. The van der Waals surface area contributed by atoms with Crippen molar-refractivity contribution < 1.29 is 14.6 Å². The largest absolute Gasteiger partial charge is 0.506 e. The van der Waals surface area contributed by atoms with Crippen molar-refractivity contribution in [2.24, 2.45) is 4.99 Å². The number of allylic oxidation sites excluding steroid dienone is 1. The lowest BCUT2D eigenvalue weighted by molar-refractivity contribution is 0.340. The van der Waals surface area contributed by atoms with Gasteiger partial charge in [-0.15, -0.1) is 0 Å². The number of hydrogen-bond donors (Lipinski definition) is 1. The van der Waals surface area contributed by atoms with Gasteiger partial charge >= 0.3 is 0 Å². The highest BCUT2D eigenvalue weighted by Crippen LogP contribution is 2.46. The van der Waals surface area contributed by atoms with Gasteiger partial charge in [0.2, 0.25) is 0 Å². The third kappa shape index (κ3) is 4.56. The Bertz CT molecular complexity index is 1400. The topological polar surface area (TPSA) is 51.0 Å². The number of phenolic OH excluding ortho intramolecular Hbond substituents is 1. The first-order valence-electron chi connectivity index (χ1n) is 11.8. The number of benzene rings is 4. The normalized spacial score (nSPS) is 15.1. The second-order valence-corrected chi connectivity index (χ2v) is 8.42. The molecule has 4 heteroatoms. The van der Waals surface area contributed by atoms with E-state index in [2.05, 4.69) is 37.3 Å². The Labute approximate surface area is 205 Å². The predicted molar refractivity (Wildman–Crippen MR) is 141 cm³/mol. The molecule has 1 N–H and O–H groups in total. The maximum absolute atomic E-state index is 10.3. The minimum Gasteiger partial charge on any atom is -0.506 e. The number of aromatic hydroxyl groups is 1. The molecule has 1 aliphatic rings. The number of aliphatic imine (C=N–C) groups is 1. The van der Waals surface area contributed by atoms with E-state index < -0.39 is 0 Å². The van der Waals surface area contributed by atoms with Crippen LogP contribution < -0.4 is 9.47 Å². The molecule has 4 aromatic rings. The smallest absolute Gasteiger partial charge is 0.141 e. The van der Waals surface area contributed by atoms with Gasteiger partial charge in [0.15, 0.2) is 0 Å². The van der Waals surface area contributed by atoms with Gasteiger partial charge in [0.1, 0.15) is 28.7 Å². The fraction of sp³-hybridized carbons (Fsp3) is 0.129. The fourth-order valence-electron chi connectivity index (χ4n) is 4.47. The summed E-state index contributed by atoms with van der Waals surface area (Å²) >= 11 is 0. The number of fused-ring (bicyclic) bond motifs is 1. The zero-order chi connectivity index (χ0) is 24.2. The van der Waals surface area contributed by atoms with E-state index in [-0.39, 0.29) is 11.7 Å². The number of hydrogen-bond acceptors (Lipinski definition) is 4. The van der Waals surface area contributed by atoms with E-state index in [4.69, 9.17) is 14.5 Å². The number of phenols is 1. The predicted octanol–water partition coefficient (Wildman–Crippen LogP) is 7.44. The second kappa shape index (κ2) is 9.90. The lowest BCUT2D eigenvalue weighted by Gasteiger charge is -2.30.